The van der Waals surface area contributed by atoms with Crippen LogP contribution >= 0.6 is 0 Å². The van der Waals surface area contributed by atoms with E-state index in [1.165, 1.54) is 32.0 Å². The predicted molar refractivity (Wildman–Crippen MR) is 137 cm³/mol. The zero-order valence-electron chi connectivity index (χ0n) is 22.4. The fourth-order valence-corrected chi connectivity index (χ4v) is 4.28. The van der Waals surface area contributed by atoms with Crippen molar-refractivity contribution in [2.45, 2.75) is 97.0 Å². The molecule has 0 spiro atoms. The highest BCUT2D eigenvalue weighted by atomic mass is 16.6. The first-order valence-electron chi connectivity index (χ1n) is 13.1. The summed E-state index contributed by atoms with van der Waals surface area (Å²) in [5.74, 6) is -4.27. The minimum atomic E-state index is -1.41. The topological polar surface area (TPSA) is 157 Å². The molecule has 1 saturated heterocycles. The van der Waals surface area contributed by atoms with E-state index >= 15 is 0 Å². The van der Waals surface area contributed by atoms with Gasteiger partial charge in [0.1, 0.15) is 12.2 Å². The van der Waals surface area contributed by atoms with E-state index in [4.69, 9.17) is 14.2 Å². The highest BCUT2D eigenvalue weighted by Crippen LogP contribution is 2.29. The summed E-state index contributed by atoms with van der Waals surface area (Å²) in [5, 5.41) is 15.1. The van der Waals surface area contributed by atoms with Gasteiger partial charge in [0.15, 0.2) is 17.9 Å². The second kappa shape index (κ2) is 14.9. The number of phenols is 1. The normalized spacial score (nSPS) is 23.6. The molecule has 0 bridgehead atoms. The molecule has 210 valence electrons. The largest absolute Gasteiger partial charge is 0.505 e. The summed E-state index contributed by atoms with van der Waals surface area (Å²) in [4.78, 5) is 62.5. The summed E-state index contributed by atoms with van der Waals surface area (Å²) >= 11 is 0. The van der Waals surface area contributed by atoms with Crippen LogP contribution < -0.4 is 10.6 Å². The quantitative estimate of drug-likeness (QED) is 0.120. The smallest absolute Gasteiger partial charge is 0.332 e. The molecule has 2 rings (SSSR count). The Kier molecular flexibility index (Phi) is 12.0. The van der Waals surface area contributed by atoms with Crippen molar-refractivity contribution in [2.24, 2.45) is 5.92 Å². The fourth-order valence-electron chi connectivity index (χ4n) is 4.28. The molecule has 1 aromatic rings. The Morgan fingerprint density at radius 1 is 1.03 bits per heavy atom. The van der Waals surface area contributed by atoms with Gasteiger partial charge in [-0.3, -0.25) is 19.2 Å². The van der Waals surface area contributed by atoms with Gasteiger partial charge in [0, 0.05) is 6.42 Å². The van der Waals surface area contributed by atoms with Crippen LogP contribution in [0.25, 0.3) is 0 Å². The van der Waals surface area contributed by atoms with Crippen LogP contribution in [0.2, 0.25) is 0 Å². The van der Waals surface area contributed by atoms with Gasteiger partial charge < -0.3 is 30.0 Å². The molecule has 3 N–H and O–H groups in total. The lowest BCUT2D eigenvalue weighted by Crippen LogP contribution is -2.50. The van der Waals surface area contributed by atoms with E-state index < -0.39 is 59.8 Å². The molecule has 1 fully saturated rings. The average Bonchev–Trinajstić information content (AvgIpc) is 2.89. The number of cyclic esters (lactones) is 2. The number of hydrogen-bond acceptors (Lipinski definition) is 9. The number of hydrogen-bond donors (Lipinski definition) is 3. The van der Waals surface area contributed by atoms with Gasteiger partial charge in [0.25, 0.3) is 5.91 Å². The summed E-state index contributed by atoms with van der Waals surface area (Å²) in [6.45, 7) is 6.86. The van der Waals surface area contributed by atoms with Crippen LogP contribution in [0.4, 0.5) is 5.69 Å². The number of ether oxygens (including phenoxy) is 3. The molecule has 0 radical (unpaired) electrons. The molecule has 0 saturated carbocycles. The molecule has 1 aromatic carbocycles. The number of anilines is 1. The molecule has 0 aromatic heterocycles. The molecule has 2 amide bonds. The summed E-state index contributed by atoms with van der Waals surface area (Å²) in [6.07, 6.45) is 1.78. The van der Waals surface area contributed by atoms with Gasteiger partial charge in [0.2, 0.25) is 6.41 Å². The number of carbonyl (C=O) groups is 5. The first-order valence-corrected chi connectivity index (χ1v) is 13.1. The van der Waals surface area contributed by atoms with E-state index in [9.17, 15) is 29.1 Å². The number of aromatic hydroxyl groups is 1. The number of amides is 2. The molecular formula is C27H38N2O9. The van der Waals surface area contributed by atoms with Gasteiger partial charge >= 0.3 is 17.9 Å². The lowest BCUT2D eigenvalue weighted by Gasteiger charge is -2.29. The molecule has 1 aliphatic heterocycles. The molecule has 0 unspecified atom stereocenters. The zero-order chi connectivity index (χ0) is 28.2. The average molecular weight is 535 g/mol. The predicted octanol–water partition coefficient (Wildman–Crippen LogP) is 3.23. The first kappa shape index (κ1) is 30.6. The van der Waals surface area contributed by atoms with Crippen LogP contribution in [-0.2, 0) is 33.4 Å². The summed E-state index contributed by atoms with van der Waals surface area (Å²) in [7, 11) is 0. The van der Waals surface area contributed by atoms with Crippen LogP contribution in [0.15, 0.2) is 18.2 Å². The molecular weight excluding hydrogens is 496 g/mol. The third kappa shape index (κ3) is 8.19. The van der Waals surface area contributed by atoms with Crippen molar-refractivity contribution in [3.8, 4) is 5.75 Å². The highest BCUT2D eigenvalue weighted by molar-refractivity contribution is 6.01. The number of benzene rings is 1. The lowest BCUT2D eigenvalue weighted by molar-refractivity contribution is -0.175. The van der Waals surface area contributed by atoms with Crippen molar-refractivity contribution in [2.75, 3.05) is 5.32 Å². The summed E-state index contributed by atoms with van der Waals surface area (Å²) < 4.78 is 16.8. The number of nitrogens with one attached hydrogen (secondary N) is 2. The van der Waals surface area contributed by atoms with E-state index in [2.05, 4.69) is 17.6 Å². The molecule has 1 heterocycles. The zero-order valence-corrected chi connectivity index (χ0v) is 22.4. The maximum atomic E-state index is 13.3. The molecule has 11 heteroatoms. The SMILES string of the molecule is CCCCCC[C@@H]1C(=O)O[C@H](C)[C@H](NC(=O)c2cccc(NC=O)c2O)C(=O)O[C@H](C)[C@@H]1OC(=O)CCC. The number of esters is 3. The lowest BCUT2D eigenvalue weighted by atomic mass is 9.92. The maximum Gasteiger partial charge on any atom is 0.332 e. The molecule has 1 aliphatic rings. The molecule has 5 atom stereocenters. The highest BCUT2D eigenvalue weighted by Gasteiger charge is 2.43. The third-order valence-electron chi connectivity index (χ3n) is 6.36. The number of carbonyl (C=O) groups excluding carboxylic acids is 5. The van der Waals surface area contributed by atoms with Gasteiger partial charge in [-0.15, -0.1) is 0 Å². The first-order chi connectivity index (χ1) is 18.1. The van der Waals surface area contributed by atoms with Crippen molar-refractivity contribution in [3.63, 3.8) is 0 Å². The minimum absolute atomic E-state index is 0.000410. The van der Waals surface area contributed by atoms with E-state index in [0.717, 1.165) is 19.3 Å². The van der Waals surface area contributed by atoms with E-state index in [1.807, 2.05) is 6.92 Å². The summed E-state index contributed by atoms with van der Waals surface area (Å²) in [5.41, 5.74) is -0.211. The van der Waals surface area contributed by atoms with Crippen molar-refractivity contribution in [1.29, 1.82) is 0 Å². The standard InChI is InChI=1S/C27H38N2O9/c1-5-7-8-9-12-19-24(38-21(31)11-6-2)17(4)37-27(35)22(16(3)36-26(19)34)29-25(33)18-13-10-14-20(23(18)32)28-15-30/h10,13-17,19,22,24,32H,5-9,11-12H2,1-4H3,(H,28,30)(H,29,33)/t16-,17-,19+,22+,24+/m1/s1. The second-order valence-corrected chi connectivity index (χ2v) is 9.36. The maximum absolute atomic E-state index is 13.3. The van der Waals surface area contributed by atoms with Gasteiger partial charge in [-0.05, 0) is 38.8 Å². The Labute approximate surface area is 222 Å². The Morgan fingerprint density at radius 2 is 1.74 bits per heavy atom. The van der Waals surface area contributed by atoms with Crippen LogP contribution in [-0.4, -0.2) is 59.7 Å². The van der Waals surface area contributed by atoms with Crippen molar-refractivity contribution in [3.05, 3.63) is 23.8 Å². The van der Waals surface area contributed by atoms with Crippen molar-refractivity contribution in [1.82, 2.24) is 5.32 Å². The van der Waals surface area contributed by atoms with Crippen LogP contribution in [0.3, 0.4) is 0 Å². The van der Waals surface area contributed by atoms with Crippen LogP contribution in [0.1, 0.15) is 83.0 Å². The molecule has 38 heavy (non-hydrogen) atoms. The van der Waals surface area contributed by atoms with Gasteiger partial charge in [-0.2, -0.15) is 0 Å². The Hall–Kier alpha value is -3.63. The van der Waals surface area contributed by atoms with Crippen LogP contribution in [0.5, 0.6) is 5.75 Å². The van der Waals surface area contributed by atoms with E-state index in [0.29, 0.717) is 25.7 Å². The van der Waals surface area contributed by atoms with Crippen LogP contribution in [0, 0.1) is 5.92 Å². The minimum Gasteiger partial charge on any atom is -0.505 e. The number of phenolic OH excluding ortho intramolecular Hbond substituents is 1. The Bertz CT molecular complexity index is 997. The van der Waals surface area contributed by atoms with Gasteiger partial charge in [-0.25, -0.2) is 4.79 Å². The van der Waals surface area contributed by atoms with E-state index in [-0.39, 0.29) is 17.7 Å². The Morgan fingerprint density at radius 3 is 2.39 bits per heavy atom. The Balaban J connectivity index is 2.33. The van der Waals surface area contributed by atoms with Gasteiger partial charge in [-0.1, -0.05) is 45.6 Å². The molecule has 0 aliphatic carbocycles. The fraction of sp³-hybridized carbons (Fsp3) is 0.593. The van der Waals surface area contributed by atoms with Crippen molar-refractivity contribution < 1.29 is 43.3 Å². The number of unbranched alkanes of at least 4 members (excludes halogenated alkanes) is 3. The number of para-hydroxylation sites is 1. The van der Waals surface area contributed by atoms with E-state index in [1.54, 1.807) is 0 Å². The summed E-state index contributed by atoms with van der Waals surface area (Å²) in [6, 6.07) is 2.71. The monoisotopic (exact) mass is 534 g/mol. The number of rotatable bonds is 12. The van der Waals surface area contributed by atoms with Crippen molar-refractivity contribution >= 4 is 35.9 Å². The van der Waals surface area contributed by atoms with Gasteiger partial charge in [0.05, 0.1) is 17.2 Å². The second-order valence-electron chi connectivity index (χ2n) is 9.36. The molecule has 11 nitrogen and oxygen atoms in total. The third-order valence-corrected chi connectivity index (χ3v) is 6.36.